The molecular formula is C26H35N5O2. The molecule has 2 aromatic rings. The van der Waals surface area contributed by atoms with Crippen LogP contribution >= 0.6 is 0 Å². The Bertz CT molecular complexity index is 930. The molecule has 2 N–H and O–H groups in total. The van der Waals surface area contributed by atoms with E-state index in [2.05, 4.69) is 25.7 Å². The van der Waals surface area contributed by atoms with Crippen molar-refractivity contribution in [2.75, 3.05) is 43.5 Å². The summed E-state index contributed by atoms with van der Waals surface area (Å²) in [7, 11) is 0. The van der Waals surface area contributed by atoms with Gasteiger partial charge in [-0.25, -0.2) is 0 Å². The SMILES string of the molecule is CCC(=O)Nc1cccc(-c2ccc(NC3CC4CN(CC5CCOCC5)C[C@H]4C3)nn2)c1. The van der Waals surface area contributed by atoms with Crippen LogP contribution in [0.4, 0.5) is 11.5 Å². The summed E-state index contributed by atoms with van der Waals surface area (Å²) in [6, 6.07) is 12.3. The molecule has 1 aliphatic carbocycles. The molecule has 176 valence electrons. The number of hydrogen-bond acceptors (Lipinski definition) is 6. The van der Waals surface area contributed by atoms with E-state index in [1.165, 1.54) is 45.3 Å². The number of amides is 1. The first kappa shape index (κ1) is 22.3. The van der Waals surface area contributed by atoms with Gasteiger partial charge in [-0.2, -0.15) is 0 Å². The first-order valence-electron chi connectivity index (χ1n) is 12.5. The predicted molar refractivity (Wildman–Crippen MR) is 130 cm³/mol. The molecule has 7 nitrogen and oxygen atoms in total. The number of nitrogens with one attached hydrogen (secondary N) is 2. The van der Waals surface area contributed by atoms with Crippen molar-refractivity contribution >= 4 is 17.4 Å². The van der Waals surface area contributed by atoms with E-state index in [9.17, 15) is 4.79 Å². The lowest BCUT2D eigenvalue weighted by molar-refractivity contribution is -0.115. The standard InChI is InChI=1S/C26H35N5O2/c1-2-26(32)28-22-5-3-4-19(12-22)24-6-7-25(30-29-24)27-23-13-20-16-31(17-21(20)14-23)15-18-8-10-33-11-9-18/h3-7,12,18,20-21,23H,2,8-11,13-17H2,1H3,(H,27,30)(H,28,32)/t20-,21?,23?/m1/s1. The van der Waals surface area contributed by atoms with E-state index < -0.39 is 0 Å². The van der Waals surface area contributed by atoms with E-state index in [4.69, 9.17) is 4.74 Å². The molecule has 3 aliphatic rings. The molecule has 2 unspecified atom stereocenters. The largest absolute Gasteiger partial charge is 0.381 e. The summed E-state index contributed by atoms with van der Waals surface area (Å²) in [6.45, 7) is 7.48. The zero-order chi connectivity index (χ0) is 22.6. The molecule has 3 atom stereocenters. The van der Waals surface area contributed by atoms with Gasteiger partial charge in [0.1, 0.15) is 5.82 Å². The normalized spacial score (nSPS) is 25.7. The maximum Gasteiger partial charge on any atom is 0.224 e. The Kier molecular flexibility index (Phi) is 6.88. The Morgan fingerprint density at radius 1 is 1.09 bits per heavy atom. The van der Waals surface area contributed by atoms with Crippen LogP contribution < -0.4 is 10.6 Å². The van der Waals surface area contributed by atoms with Crippen LogP contribution in [0.15, 0.2) is 36.4 Å². The first-order chi connectivity index (χ1) is 16.2. The van der Waals surface area contributed by atoms with Gasteiger partial charge in [0.2, 0.25) is 5.91 Å². The third-order valence-corrected chi connectivity index (χ3v) is 7.46. The van der Waals surface area contributed by atoms with Crippen LogP contribution in [-0.4, -0.2) is 59.9 Å². The Hall–Kier alpha value is -2.51. The zero-order valence-electron chi connectivity index (χ0n) is 19.5. The molecule has 3 heterocycles. The Morgan fingerprint density at radius 3 is 2.58 bits per heavy atom. The smallest absolute Gasteiger partial charge is 0.224 e. The fourth-order valence-corrected chi connectivity index (χ4v) is 5.74. The van der Waals surface area contributed by atoms with E-state index in [0.717, 1.165) is 53.7 Å². The van der Waals surface area contributed by atoms with Crippen molar-refractivity contribution < 1.29 is 9.53 Å². The molecule has 1 aromatic carbocycles. The molecule has 2 saturated heterocycles. The number of likely N-dealkylation sites (tertiary alicyclic amines) is 1. The summed E-state index contributed by atoms with van der Waals surface area (Å²) < 4.78 is 5.51. The Balaban J connectivity index is 1.12. The van der Waals surface area contributed by atoms with Crippen molar-refractivity contribution in [1.29, 1.82) is 0 Å². The highest BCUT2D eigenvalue weighted by Gasteiger charge is 2.41. The summed E-state index contributed by atoms with van der Waals surface area (Å²) in [5.74, 6) is 3.28. The van der Waals surface area contributed by atoms with Crippen molar-refractivity contribution in [2.24, 2.45) is 17.8 Å². The highest BCUT2D eigenvalue weighted by Crippen LogP contribution is 2.39. The van der Waals surface area contributed by atoms with Gasteiger partial charge in [0.25, 0.3) is 0 Å². The topological polar surface area (TPSA) is 79.4 Å². The van der Waals surface area contributed by atoms with Crippen molar-refractivity contribution in [3.63, 3.8) is 0 Å². The highest BCUT2D eigenvalue weighted by atomic mass is 16.5. The first-order valence-corrected chi connectivity index (χ1v) is 12.5. The van der Waals surface area contributed by atoms with Gasteiger partial charge in [-0.3, -0.25) is 4.79 Å². The van der Waals surface area contributed by atoms with Crippen LogP contribution in [-0.2, 0) is 9.53 Å². The number of benzene rings is 1. The molecular weight excluding hydrogens is 414 g/mol. The van der Waals surface area contributed by atoms with Gasteiger partial charge in [0.15, 0.2) is 0 Å². The number of anilines is 2. The molecule has 3 fully saturated rings. The minimum Gasteiger partial charge on any atom is -0.381 e. The second-order valence-corrected chi connectivity index (χ2v) is 9.89. The molecule has 1 aromatic heterocycles. The van der Waals surface area contributed by atoms with Crippen molar-refractivity contribution in [2.45, 2.75) is 45.1 Å². The summed E-state index contributed by atoms with van der Waals surface area (Å²) in [6.07, 6.45) is 5.35. The van der Waals surface area contributed by atoms with Crippen LogP contribution in [0, 0.1) is 17.8 Å². The minimum atomic E-state index is 0.00539. The molecule has 1 amide bonds. The van der Waals surface area contributed by atoms with E-state index in [0.29, 0.717) is 12.5 Å². The lowest BCUT2D eigenvalue weighted by atomic mass is 10.00. The molecule has 0 radical (unpaired) electrons. The minimum absolute atomic E-state index is 0.00539. The van der Waals surface area contributed by atoms with E-state index in [1.807, 2.05) is 43.3 Å². The van der Waals surface area contributed by atoms with Crippen molar-refractivity contribution in [1.82, 2.24) is 15.1 Å². The van der Waals surface area contributed by atoms with Crippen molar-refractivity contribution in [3.05, 3.63) is 36.4 Å². The third kappa shape index (κ3) is 5.53. The summed E-state index contributed by atoms with van der Waals surface area (Å²) in [5.41, 5.74) is 2.54. The average molecular weight is 450 g/mol. The van der Waals surface area contributed by atoms with Crippen LogP contribution in [0.5, 0.6) is 0 Å². The van der Waals surface area contributed by atoms with Crippen LogP contribution in [0.3, 0.4) is 0 Å². The van der Waals surface area contributed by atoms with E-state index in [-0.39, 0.29) is 5.91 Å². The summed E-state index contributed by atoms with van der Waals surface area (Å²) in [5, 5.41) is 15.4. The monoisotopic (exact) mass is 449 g/mol. The van der Waals surface area contributed by atoms with Gasteiger partial charge >= 0.3 is 0 Å². The fraction of sp³-hybridized carbons (Fsp3) is 0.577. The second-order valence-electron chi connectivity index (χ2n) is 9.89. The van der Waals surface area contributed by atoms with Gasteiger partial charge in [-0.05, 0) is 67.7 Å². The summed E-state index contributed by atoms with van der Waals surface area (Å²) in [4.78, 5) is 14.4. The van der Waals surface area contributed by atoms with Gasteiger partial charge in [-0.15, -0.1) is 10.2 Å². The van der Waals surface area contributed by atoms with Gasteiger partial charge in [0, 0.05) is 56.6 Å². The number of nitrogens with zero attached hydrogens (tertiary/aromatic N) is 3. The van der Waals surface area contributed by atoms with Gasteiger partial charge in [-0.1, -0.05) is 19.1 Å². The number of carbonyl (C=O) groups excluding carboxylic acids is 1. The van der Waals surface area contributed by atoms with Gasteiger partial charge in [0.05, 0.1) is 5.69 Å². The number of rotatable bonds is 7. The van der Waals surface area contributed by atoms with Crippen molar-refractivity contribution in [3.8, 4) is 11.3 Å². The second kappa shape index (κ2) is 10.2. The summed E-state index contributed by atoms with van der Waals surface area (Å²) >= 11 is 0. The lowest BCUT2D eigenvalue weighted by Gasteiger charge is -2.27. The number of hydrogen-bond donors (Lipinski definition) is 2. The maximum absolute atomic E-state index is 11.7. The molecule has 0 bridgehead atoms. The van der Waals surface area contributed by atoms with Crippen LogP contribution in [0.1, 0.15) is 39.0 Å². The van der Waals surface area contributed by atoms with E-state index in [1.54, 1.807) is 0 Å². The van der Waals surface area contributed by atoms with Crippen LogP contribution in [0.2, 0.25) is 0 Å². The maximum atomic E-state index is 11.7. The molecule has 7 heteroatoms. The fourth-order valence-electron chi connectivity index (χ4n) is 5.74. The van der Waals surface area contributed by atoms with Crippen LogP contribution in [0.25, 0.3) is 11.3 Å². The van der Waals surface area contributed by atoms with Gasteiger partial charge < -0.3 is 20.3 Å². The Labute approximate surface area is 196 Å². The number of aromatic nitrogens is 2. The number of fused-ring (bicyclic) bond motifs is 1. The molecule has 33 heavy (non-hydrogen) atoms. The predicted octanol–water partition coefficient (Wildman–Crippen LogP) is 4.04. The quantitative estimate of drug-likeness (QED) is 0.664. The number of ether oxygens (including phenoxy) is 1. The molecule has 0 spiro atoms. The molecule has 2 aliphatic heterocycles. The third-order valence-electron chi connectivity index (χ3n) is 7.46. The number of carbonyl (C=O) groups is 1. The average Bonchev–Trinajstić information content (AvgIpc) is 3.38. The molecule has 5 rings (SSSR count). The van der Waals surface area contributed by atoms with E-state index >= 15 is 0 Å². The Morgan fingerprint density at radius 2 is 1.88 bits per heavy atom. The highest BCUT2D eigenvalue weighted by molar-refractivity contribution is 5.91. The zero-order valence-corrected chi connectivity index (χ0v) is 19.5. The lowest BCUT2D eigenvalue weighted by Crippen LogP contribution is -2.32. The molecule has 1 saturated carbocycles.